The fourth-order valence-corrected chi connectivity index (χ4v) is 3.52. The van der Waals surface area contributed by atoms with Crippen LogP contribution in [0.25, 0.3) is 0 Å². The Labute approximate surface area is 150 Å². The van der Waals surface area contributed by atoms with Crippen molar-refractivity contribution in [3.8, 4) is 0 Å². The molecule has 1 atom stereocenters. The van der Waals surface area contributed by atoms with E-state index in [0.717, 1.165) is 24.4 Å². The van der Waals surface area contributed by atoms with Gasteiger partial charge in [0.25, 0.3) is 0 Å². The summed E-state index contributed by atoms with van der Waals surface area (Å²) in [7, 11) is 0. The standard InChI is InChI=1S/C21H28N2O2/c1-21(2,17-10-5-3-6-11-17)20(24)22-16-18(19-12-9-15-25-19)23-13-7-4-8-14-23/h3,5-6,9-12,15,18H,4,7-8,13-14,16H2,1-2H3,(H,22,24)/t18-/m1/s1. The lowest BCUT2D eigenvalue weighted by Gasteiger charge is -2.34. The molecule has 1 saturated heterocycles. The SMILES string of the molecule is CC(C)(C(=O)NC[C@H](c1ccco1)N1CCCCC1)c1ccccc1. The molecule has 1 aliphatic rings. The Kier molecular flexibility index (Phi) is 5.59. The van der Waals surface area contributed by atoms with Crippen LogP contribution in [0.1, 0.15) is 50.5 Å². The molecule has 1 aromatic carbocycles. The van der Waals surface area contributed by atoms with Crippen molar-refractivity contribution >= 4 is 5.91 Å². The van der Waals surface area contributed by atoms with Crippen LogP contribution in [-0.4, -0.2) is 30.4 Å². The molecule has 3 rings (SSSR count). The smallest absolute Gasteiger partial charge is 0.230 e. The first-order chi connectivity index (χ1) is 12.1. The van der Waals surface area contributed by atoms with Gasteiger partial charge in [-0.1, -0.05) is 36.8 Å². The molecule has 0 bridgehead atoms. The first-order valence-corrected chi connectivity index (χ1v) is 9.20. The number of amides is 1. The Balaban J connectivity index is 1.69. The summed E-state index contributed by atoms with van der Waals surface area (Å²) in [4.78, 5) is 15.3. The van der Waals surface area contributed by atoms with E-state index in [1.807, 2.05) is 56.3 Å². The monoisotopic (exact) mass is 340 g/mol. The quantitative estimate of drug-likeness (QED) is 0.867. The molecular formula is C21H28N2O2. The van der Waals surface area contributed by atoms with E-state index < -0.39 is 5.41 Å². The molecule has 0 spiro atoms. The number of hydrogen-bond acceptors (Lipinski definition) is 3. The molecule has 0 unspecified atom stereocenters. The molecule has 1 aromatic heterocycles. The highest BCUT2D eigenvalue weighted by Gasteiger charge is 2.31. The molecule has 1 aliphatic heterocycles. The van der Waals surface area contributed by atoms with Gasteiger partial charge >= 0.3 is 0 Å². The number of furan rings is 1. The Hall–Kier alpha value is -2.07. The van der Waals surface area contributed by atoms with Gasteiger partial charge in [0, 0.05) is 6.54 Å². The summed E-state index contributed by atoms with van der Waals surface area (Å²) in [5, 5.41) is 3.17. The van der Waals surface area contributed by atoms with Crippen molar-refractivity contribution in [1.82, 2.24) is 10.2 Å². The molecule has 25 heavy (non-hydrogen) atoms. The maximum Gasteiger partial charge on any atom is 0.230 e. The molecule has 1 N–H and O–H groups in total. The maximum atomic E-state index is 12.9. The van der Waals surface area contributed by atoms with Gasteiger partial charge in [0.2, 0.25) is 5.91 Å². The zero-order chi connectivity index (χ0) is 17.7. The van der Waals surface area contributed by atoms with E-state index in [-0.39, 0.29) is 11.9 Å². The molecule has 0 saturated carbocycles. The summed E-state index contributed by atoms with van der Waals surface area (Å²) >= 11 is 0. The van der Waals surface area contributed by atoms with Gasteiger partial charge in [-0.2, -0.15) is 0 Å². The second kappa shape index (κ2) is 7.87. The summed E-state index contributed by atoms with van der Waals surface area (Å²) in [6.45, 7) is 6.64. The number of benzene rings is 1. The molecule has 2 heterocycles. The summed E-state index contributed by atoms with van der Waals surface area (Å²) < 4.78 is 5.66. The van der Waals surface area contributed by atoms with E-state index in [1.54, 1.807) is 6.26 Å². The number of carbonyl (C=O) groups is 1. The van der Waals surface area contributed by atoms with Crippen LogP contribution in [-0.2, 0) is 10.2 Å². The zero-order valence-corrected chi connectivity index (χ0v) is 15.2. The van der Waals surface area contributed by atoms with E-state index >= 15 is 0 Å². The molecule has 134 valence electrons. The highest BCUT2D eigenvalue weighted by Crippen LogP contribution is 2.26. The predicted octanol–water partition coefficient (Wildman–Crippen LogP) is 3.90. The number of hydrogen-bond donors (Lipinski definition) is 1. The van der Waals surface area contributed by atoms with E-state index in [4.69, 9.17) is 4.42 Å². The first kappa shape index (κ1) is 17.7. The molecule has 1 amide bonds. The number of nitrogens with one attached hydrogen (secondary N) is 1. The van der Waals surface area contributed by atoms with E-state index in [9.17, 15) is 4.79 Å². The van der Waals surface area contributed by atoms with Gasteiger partial charge < -0.3 is 9.73 Å². The third-order valence-corrected chi connectivity index (χ3v) is 5.22. The van der Waals surface area contributed by atoms with E-state index in [1.165, 1.54) is 19.3 Å². The van der Waals surface area contributed by atoms with Gasteiger partial charge in [0.15, 0.2) is 0 Å². The lowest BCUT2D eigenvalue weighted by atomic mass is 9.83. The highest BCUT2D eigenvalue weighted by atomic mass is 16.3. The van der Waals surface area contributed by atoms with Crippen molar-refractivity contribution in [2.45, 2.75) is 44.6 Å². The second-order valence-corrected chi connectivity index (χ2v) is 7.33. The third kappa shape index (κ3) is 4.13. The number of piperidine rings is 1. The highest BCUT2D eigenvalue weighted by molar-refractivity contribution is 5.87. The molecule has 4 heteroatoms. The number of likely N-dealkylation sites (tertiary alicyclic amines) is 1. The van der Waals surface area contributed by atoms with Crippen molar-refractivity contribution in [2.75, 3.05) is 19.6 Å². The lowest BCUT2D eigenvalue weighted by Crippen LogP contribution is -2.45. The molecule has 0 radical (unpaired) electrons. The number of carbonyl (C=O) groups excluding carboxylic acids is 1. The Morgan fingerprint density at radius 3 is 2.48 bits per heavy atom. The van der Waals surface area contributed by atoms with E-state index in [0.29, 0.717) is 6.54 Å². The topological polar surface area (TPSA) is 45.5 Å². The van der Waals surface area contributed by atoms with Gasteiger partial charge in [-0.25, -0.2) is 0 Å². The van der Waals surface area contributed by atoms with Crippen LogP contribution in [0.3, 0.4) is 0 Å². The summed E-state index contributed by atoms with van der Waals surface area (Å²) in [6.07, 6.45) is 5.41. The van der Waals surface area contributed by atoms with E-state index in [2.05, 4.69) is 10.2 Å². The van der Waals surface area contributed by atoms with Gasteiger partial charge in [-0.3, -0.25) is 9.69 Å². The zero-order valence-electron chi connectivity index (χ0n) is 15.2. The average Bonchev–Trinajstić information content (AvgIpc) is 3.18. The summed E-state index contributed by atoms with van der Waals surface area (Å²) in [6, 6.07) is 14.0. The van der Waals surface area contributed by atoms with Crippen LogP contribution in [0.2, 0.25) is 0 Å². The first-order valence-electron chi connectivity index (χ1n) is 9.20. The normalized spacial score (nSPS) is 17.2. The van der Waals surface area contributed by atoms with Crippen LogP contribution in [0, 0.1) is 0 Å². The molecule has 4 nitrogen and oxygen atoms in total. The molecular weight excluding hydrogens is 312 g/mol. The Morgan fingerprint density at radius 1 is 1.12 bits per heavy atom. The number of rotatable bonds is 6. The van der Waals surface area contributed by atoms with Gasteiger partial charge in [-0.05, 0) is 57.5 Å². The molecule has 2 aromatic rings. The van der Waals surface area contributed by atoms with Gasteiger partial charge in [-0.15, -0.1) is 0 Å². The predicted molar refractivity (Wildman–Crippen MR) is 99.4 cm³/mol. The van der Waals surface area contributed by atoms with Crippen molar-refractivity contribution in [3.63, 3.8) is 0 Å². The minimum Gasteiger partial charge on any atom is -0.468 e. The minimum atomic E-state index is -0.559. The van der Waals surface area contributed by atoms with Gasteiger partial charge in [0.1, 0.15) is 5.76 Å². The van der Waals surface area contributed by atoms with Crippen molar-refractivity contribution in [2.24, 2.45) is 0 Å². The van der Waals surface area contributed by atoms with Crippen LogP contribution in [0.15, 0.2) is 53.1 Å². The fourth-order valence-electron chi connectivity index (χ4n) is 3.52. The molecule has 1 fully saturated rings. The fraction of sp³-hybridized carbons (Fsp3) is 0.476. The largest absolute Gasteiger partial charge is 0.468 e. The Bertz CT molecular complexity index is 658. The summed E-state index contributed by atoms with van der Waals surface area (Å²) in [5.74, 6) is 0.979. The number of nitrogens with zero attached hydrogens (tertiary/aromatic N) is 1. The van der Waals surface area contributed by atoms with Crippen LogP contribution in [0.4, 0.5) is 0 Å². The van der Waals surface area contributed by atoms with Crippen molar-refractivity contribution < 1.29 is 9.21 Å². The third-order valence-electron chi connectivity index (χ3n) is 5.22. The van der Waals surface area contributed by atoms with Crippen LogP contribution in [0.5, 0.6) is 0 Å². The van der Waals surface area contributed by atoms with Crippen molar-refractivity contribution in [1.29, 1.82) is 0 Å². The average molecular weight is 340 g/mol. The minimum absolute atomic E-state index is 0.0484. The van der Waals surface area contributed by atoms with Crippen molar-refractivity contribution in [3.05, 3.63) is 60.1 Å². The lowest BCUT2D eigenvalue weighted by molar-refractivity contribution is -0.126. The van der Waals surface area contributed by atoms with Crippen LogP contribution < -0.4 is 5.32 Å². The molecule has 0 aliphatic carbocycles. The van der Waals surface area contributed by atoms with Gasteiger partial charge in [0.05, 0.1) is 17.7 Å². The Morgan fingerprint density at radius 2 is 1.84 bits per heavy atom. The summed E-state index contributed by atoms with van der Waals surface area (Å²) in [5.41, 5.74) is 0.469. The second-order valence-electron chi connectivity index (χ2n) is 7.33. The maximum absolute atomic E-state index is 12.9. The van der Waals surface area contributed by atoms with Crippen LogP contribution >= 0.6 is 0 Å².